The van der Waals surface area contributed by atoms with Crippen LogP contribution in [0.25, 0.3) is 0 Å². The molecule has 0 saturated carbocycles. The summed E-state index contributed by atoms with van der Waals surface area (Å²) in [5.41, 5.74) is 5.69. The first kappa shape index (κ1) is 10.5. The van der Waals surface area contributed by atoms with Gasteiger partial charge in [-0.25, -0.2) is 9.97 Å². The third kappa shape index (κ3) is 4.24. The van der Waals surface area contributed by atoms with E-state index in [2.05, 4.69) is 16.9 Å². The molecule has 2 N–H and O–H groups in total. The van der Waals surface area contributed by atoms with Gasteiger partial charge in [-0.15, -0.1) is 0 Å². The fraction of sp³-hybridized carbons (Fsp3) is 0.556. The SMILES string of the molecule is CC(N)CC(C)Sc1ncccn1. The van der Waals surface area contributed by atoms with Crippen LogP contribution in [0, 0.1) is 0 Å². The lowest BCUT2D eigenvalue weighted by Crippen LogP contribution is -2.19. The summed E-state index contributed by atoms with van der Waals surface area (Å²) in [6, 6.07) is 2.06. The molecule has 2 unspecified atom stereocenters. The molecule has 2 atom stereocenters. The Morgan fingerprint density at radius 2 is 2.00 bits per heavy atom. The van der Waals surface area contributed by atoms with Gasteiger partial charge in [0, 0.05) is 23.7 Å². The molecule has 1 heterocycles. The van der Waals surface area contributed by atoms with Crippen molar-refractivity contribution in [3.8, 4) is 0 Å². The summed E-state index contributed by atoms with van der Waals surface area (Å²) in [5.74, 6) is 0. The molecule has 0 spiro atoms. The molecule has 3 nitrogen and oxygen atoms in total. The van der Waals surface area contributed by atoms with Crippen LogP contribution in [-0.2, 0) is 0 Å². The van der Waals surface area contributed by atoms with E-state index in [4.69, 9.17) is 5.73 Å². The quantitative estimate of drug-likeness (QED) is 0.589. The lowest BCUT2D eigenvalue weighted by molar-refractivity contribution is 0.661. The number of nitrogens with two attached hydrogens (primary N) is 1. The monoisotopic (exact) mass is 197 g/mol. The predicted octanol–water partition coefficient (Wildman–Crippen LogP) is 1.69. The Bertz CT molecular complexity index is 238. The molecule has 0 aliphatic carbocycles. The van der Waals surface area contributed by atoms with Gasteiger partial charge in [-0.2, -0.15) is 0 Å². The van der Waals surface area contributed by atoms with E-state index in [1.807, 2.05) is 13.0 Å². The van der Waals surface area contributed by atoms with Gasteiger partial charge < -0.3 is 5.73 Å². The van der Waals surface area contributed by atoms with Gasteiger partial charge in [-0.3, -0.25) is 0 Å². The van der Waals surface area contributed by atoms with Crippen molar-refractivity contribution in [1.82, 2.24) is 9.97 Å². The highest BCUT2D eigenvalue weighted by Crippen LogP contribution is 2.21. The zero-order valence-electron chi connectivity index (χ0n) is 7.97. The molecular weight excluding hydrogens is 182 g/mol. The molecule has 0 amide bonds. The first-order chi connectivity index (χ1) is 6.18. The fourth-order valence-corrected chi connectivity index (χ4v) is 2.10. The lowest BCUT2D eigenvalue weighted by atomic mass is 10.2. The van der Waals surface area contributed by atoms with E-state index in [-0.39, 0.29) is 6.04 Å². The van der Waals surface area contributed by atoms with E-state index < -0.39 is 0 Å². The molecule has 0 saturated heterocycles. The fourth-order valence-electron chi connectivity index (χ4n) is 1.10. The van der Waals surface area contributed by atoms with Crippen LogP contribution in [0.3, 0.4) is 0 Å². The molecule has 4 heteroatoms. The molecule has 0 aromatic carbocycles. The molecule has 0 aliphatic rings. The molecule has 0 aliphatic heterocycles. The largest absolute Gasteiger partial charge is 0.328 e. The second-order valence-corrected chi connectivity index (χ2v) is 4.58. The van der Waals surface area contributed by atoms with E-state index in [1.165, 1.54) is 0 Å². The topological polar surface area (TPSA) is 51.8 Å². The maximum absolute atomic E-state index is 5.69. The first-order valence-corrected chi connectivity index (χ1v) is 5.25. The van der Waals surface area contributed by atoms with Crippen molar-refractivity contribution >= 4 is 11.8 Å². The minimum atomic E-state index is 0.242. The van der Waals surface area contributed by atoms with Gasteiger partial charge in [0.1, 0.15) is 0 Å². The van der Waals surface area contributed by atoms with Crippen LogP contribution in [0.1, 0.15) is 20.3 Å². The Balaban J connectivity index is 2.41. The van der Waals surface area contributed by atoms with Crippen molar-refractivity contribution in [1.29, 1.82) is 0 Å². The van der Waals surface area contributed by atoms with Crippen molar-refractivity contribution in [3.63, 3.8) is 0 Å². The second kappa shape index (κ2) is 5.19. The summed E-state index contributed by atoms with van der Waals surface area (Å²) >= 11 is 1.67. The van der Waals surface area contributed by atoms with Crippen LogP contribution in [-0.4, -0.2) is 21.3 Å². The number of hydrogen-bond donors (Lipinski definition) is 1. The molecule has 1 aromatic rings. The summed E-state index contributed by atoms with van der Waals surface area (Å²) in [7, 11) is 0. The Hall–Kier alpha value is -0.610. The van der Waals surface area contributed by atoms with Crippen molar-refractivity contribution < 1.29 is 0 Å². The highest BCUT2D eigenvalue weighted by Gasteiger charge is 2.07. The minimum absolute atomic E-state index is 0.242. The van der Waals surface area contributed by atoms with Crippen molar-refractivity contribution in [3.05, 3.63) is 18.5 Å². The zero-order valence-corrected chi connectivity index (χ0v) is 8.79. The third-order valence-corrected chi connectivity index (χ3v) is 2.57. The van der Waals surface area contributed by atoms with Crippen LogP contribution in [0.2, 0.25) is 0 Å². The van der Waals surface area contributed by atoms with Crippen LogP contribution < -0.4 is 5.73 Å². The maximum Gasteiger partial charge on any atom is 0.187 e. The van der Waals surface area contributed by atoms with Crippen LogP contribution in [0.4, 0.5) is 0 Å². The zero-order chi connectivity index (χ0) is 9.68. The van der Waals surface area contributed by atoms with Gasteiger partial charge in [0.25, 0.3) is 0 Å². The van der Waals surface area contributed by atoms with Crippen molar-refractivity contribution in [2.45, 2.75) is 36.7 Å². The van der Waals surface area contributed by atoms with Gasteiger partial charge >= 0.3 is 0 Å². The van der Waals surface area contributed by atoms with E-state index in [0.717, 1.165) is 11.6 Å². The number of hydrogen-bond acceptors (Lipinski definition) is 4. The molecule has 0 fully saturated rings. The second-order valence-electron chi connectivity index (χ2n) is 3.17. The van der Waals surface area contributed by atoms with Gasteiger partial charge in [0.15, 0.2) is 5.16 Å². The average Bonchev–Trinajstić information content (AvgIpc) is 2.04. The van der Waals surface area contributed by atoms with Crippen LogP contribution in [0.5, 0.6) is 0 Å². The maximum atomic E-state index is 5.69. The van der Waals surface area contributed by atoms with Crippen molar-refractivity contribution in [2.75, 3.05) is 0 Å². The number of thioether (sulfide) groups is 1. The van der Waals surface area contributed by atoms with Gasteiger partial charge in [-0.1, -0.05) is 18.7 Å². The summed E-state index contributed by atoms with van der Waals surface area (Å²) in [5, 5.41) is 1.30. The Morgan fingerprint density at radius 3 is 2.54 bits per heavy atom. The molecule has 1 aromatic heterocycles. The predicted molar refractivity (Wildman–Crippen MR) is 55.6 cm³/mol. The van der Waals surface area contributed by atoms with E-state index in [0.29, 0.717) is 5.25 Å². The summed E-state index contributed by atoms with van der Waals surface area (Å²) in [6.45, 7) is 4.16. The summed E-state index contributed by atoms with van der Waals surface area (Å²) < 4.78 is 0. The number of aromatic nitrogens is 2. The van der Waals surface area contributed by atoms with E-state index in [9.17, 15) is 0 Å². The molecule has 0 radical (unpaired) electrons. The van der Waals surface area contributed by atoms with E-state index in [1.54, 1.807) is 24.2 Å². The molecule has 1 rings (SSSR count). The smallest absolute Gasteiger partial charge is 0.187 e. The third-order valence-electron chi connectivity index (χ3n) is 1.55. The van der Waals surface area contributed by atoms with Crippen LogP contribution in [0.15, 0.2) is 23.6 Å². The Morgan fingerprint density at radius 1 is 1.38 bits per heavy atom. The molecule has 72 valence electrons. The minimum Gasteiger partial charge on any atom is -0.328 e. The normalized spacial score (nSPS) is 15.3. The van der Waals surface area contributed by atoms with Crippen LogP contribution >= 0.6 is 11.8 Å². The highest BCUT2D eigenvalue weighted by molar-refractivity contribution is 7.99. The summed E-state index contributed by atoms with van der Waals surface area (Å²) in [6.07, 6.45) is 4.50. The number of rotatable bonds is 4. The number of nitrogens with zero attached hydrogens (tertiary/aromatic N) is 2. The highest BCUT2D eigenvalue weighted by atomic mass is 32.2. The summed E-state index contributed by atoms with van der Waals surface area (Å²) in [4.78, 5) is 8.27. The Kier molecular flexibility index (Phi) is 4.18. The molecule has 0 bridgehead atoms. The molecular formula is C9H15N3S. The average molecular weight is 197 g/mol. The Labute approximate surface area is 83.2 Å². The van der Waals surface area contributed by atoms with Crippen molar-refractivity contribution in [2.24, 2.45) is 5.73 Å². The van der Waals surface area contributed by atoms with Gasteiger partial charge in [0.2, 0.25) is 0 Å². The lowest BCUT2D eigenvalue weighted by Gasteiger charge is -2.11. The van der Waals surface area contributed by atoms with Gasteiger partial charge in [0.05, 0.1) is 0 Å². The van der Waals surface area contributed by atoms with E-state index >= 15 is 0 Å². The standard InChI is InChI=1S/C9H15N3S/c1-7(10)6-8(2)13-9-11-4-3-5-12-9/h3-5,7-8H,6,10H2,1-2H3. The van der Waals surface area contributed by atoms with Gasteiger partial charge in [-0.05, 0) is 19.4 Å². The first-order valence-electron chi connectivity index (χ1n) is 4.37. The molecule has 13 heavy (non-hydrogen) atoms.